The molecule has 1 aromatic heterocycles. The summed E-state index contributed by atoms with van der Waals surface area (Å²) in [5.74, 6) is 0.735. The van der Waals surface area contributed by atoms with Crippen LogP contribution in [0.4, 0.5) is 5.82 Å². The van der Waals surface area contributed by atoms with Gasteiger partial charge in [0.25, 0.3) is 0 Å². The van der Waals surface area contributed by atoms with Crippen LogP contribution in [0.1, 0.15) is 33.0 Å². The van der Waals surface area contributed by atoms with Crippen molar-refractivity contribution in [3.63, 3.8) is 0 Å². The van der Waals surface area contributed by atoms with Gasteiger partial charge in [-0.1, -0.05) is 20.8 Å². The van der Waals surface area contributed by atoms with Gasteiger partial charge in [0.2, 0.25) is 0 Å². The van der Waals surface area contributed by atoms with Gasteiger partial charge < -0.3 is 15.8 Å². The van der Waals surface area contributed by atoms with E-state index in [1.54, 1.807) is 11.5 Å². The van der Waals surface area contributed by atoms with Crippen LogP contribution in [0.5, 0.6) is 0 Å². The summed E-state index contributed by atoms with van der Waals surface area (Å²) < 4.78 is 1.66. The molecule has 0 fully saturated rings. The monoisotopic (exact) mass is 297 g/mol. The fraction of sp³-hybridized carbons (Fsp3) is 0.786. The number of imidazole rings is 1. The zero-order chi connectivity index (χ0) is 16.0. The molecule has 0 aromatic carbocycles. The van der Waals surface area contributed by atoms with Crippen molar-refractivity contribution in [2.24, 2.45) is 11.1 Å². The largest absolute Gasteiger partial charge is 0.358 e. The summed E-state index contributed by atoms with van der Waals surface area (Å²) in [5.41, 5.74) is 5.84. The maximum Gasteiger partial charge on any atom is 0.342 e. The van der Waals surface area contributed by atoms with Crippen molar-refractivity contribution in [1.29, 1.82) is 0 Å². The van der Waals surface area contributed by atoms with E-state index in [1.165, 1.54) is 6.20 Å². The minimum Gasteiger partial charge on any atom is -0.358 e. The molecule has 0 radical (unpaired) electrons. The van der Waals surface area contributed by atoms with E-state index < -0.39 is 0 Å². The maximum atomic E-state index is 11.0. The third-order valence-electron chi connectivity index (χ3n) is 3.60. The van der Waals surface area contributed by atoms with Gasteiger partial charge in [0.15, 0.2) is 5.82 Å². The zero-order valence-corrected chi connectivity index (χ0v) is 13.5. The zero-order valence-electron chi connectivity index (χ0n) is 13.5. The quantitative estimate of drug-likeness (QED) is 0.554. The SMILES string of the molecule is CCCN(CCn1c([N+](=O)[O-])cnc1C)CC(C)(C)CN. The van der Waals surface area contributed by atoms with Crippen LogP contribution in [0.3, 0.4) is 0 Å². The number of nitrogens with two attached hydrogens (primary N) is 1. The molecule has 120 valence electrons. The third kappa shape index (κ3) is 5.09. The highest BCUT2D eigenvalue weighted by atomic mass is 16.6. The molecule has 0 saturated carbocycles. The fourth-order valence-electron chi connectivity index (χ4n) is 2.38. The summed E-state index contributed by atoms with van der Waals surface area (Å²) in [5, 5.41) is 11.0. The summed E-state index contributed by atoms with van der Waals surface area (Å²) >= 11 is 0. The minimum atomic E-state index is -0.381. The number of rotatable bonds is 9. The smallest absolute Gasteiger partial charge is 0.342 e. The summed E-state index contributed by atoms with van der Waals surface area (Å²) in [6.07, 6.45) is 2.37. The molecule has 2 N–H and O–H groups in total. The van der Waals surface area contributed by atoms with E-state index in [2.05, 4.69) is 30.7 Å². The Morgan fingerprint density at radius 3 is 2.67 bits per heavy atom. The minimum absolute atomic E-state index is 0.0467. The van der Waals surface area contributed by atoms with Crippen LogP contribution >= 0.6 is 0 Å². The van der Waals surface area contributed by atoms with Crippen LogP contribution in [0.15, 0.2) is 6.20 Å². The Morgan fingerprint density at radius 2 is 2.14 bits per heavy atom. The number of hydrogen-bond acceptors (Lipinski definition) is 5. The first-order chi connectivity index (χ1) is 9.80. The van der Waals surface area contributed by atoms with E-state index in [0.29, 0.717) is 18.9 Å². The molecule has 0 saturated heterocycles. The second-order valence-corrected chi connectivity index (χ2v) is 6.22. The van der Waals surface area contributed by atoms with Crippen molar-refractivity contribution in [2.45, 2.75) is 40.7 Å². The average molecular weight is 297 g/mol. The molecule has 21 heavy (non-hydrogen) atoms. The van der Waals surface area contributed by atoms with Crippen molar-refractivity contribution in [3.8, 4) is 0 Å². The standard InChI is InChI=1S/C14H27N5O2/c1-5-6-17(11-14(3,4)10-15)7-8-18-12(2)16-9-13(18)19(20)21/h9H,5-8,10-11,15H2,1-4H3. The average Bonchev–Trinajstić information content (AvgIpc) is 2.77. The molecule has 0 aliphatic heterocycles. The predicted molar refractivity (Wildman–Crippen MR) is 83.2 cm³/mol. The van der Waals surface area contributed by atoms with Crippen LogP contribution < -0.4 is 5.73 Å². The predicted octanol–water partition coefficient (Wildman–Crippen LogP) is 1.80. The van der Waals surface area contributed by atoms with Gasteiger partial charge >= 0.3 is 5.82 Å². The van der Waals surface area contributed by atoms with E-state index in [9.17, 15) is 10.1 Å². The van der Waals surface area contributed by atoms with Gasteiger partial charge in [0, 0.05) is 20.0 Å². The second kappa shape index (κ2) is 7.51. The molecule has 1 aromatic rings. The number of aryl methyl sites for hydroxylation is 1. The van der Waals surface area contributed by atoms with Crippen LogP contribution in [-0.4, -0.2) is 45.6 Å². The molecule has 1 rings (SSSR count). The number of hydrogen-bond donors (Lipinski definition) is 1. The van der Waals surface area contributed by atoms with Crippen LogP contribution in [-0.2, 0) is 6.54 Å². The topological polar surface area (TPSA) is 90.2 Å². The summed E-state index contributed by atoms with van der Waals surface area (Å²) in [4.78, 5) is 17.0. The van der Waals surface area contributed by atoms with Crippen molar-refractivity contribution in [3.05, 3.63) is 22.1 Å². The first-order valence-electron chi connectivity index (χ1n) is 7.39. The number of nitro groups is 1. The van der Waals surface area contributed by atoms with Gasteiger partial charge in [-0.05, 0) is 29.8 Å². The van der Waals surface area contributed by atoms with Crippen LogP contribution in [0.25, 0.3) is 0 Å². The Morgan fingerprint density at radius 1 is 1.48 bits per heavy atom. The second-order valence-electron chi connectivity index (χ2n) is 6.22. The Hall–Kier alpha value is -1.47. The fourth-order valence-corrected chi connectivity index (χ4v) is 2.38. The first-order valence-corrected chi connectivity index (χ1v) is 7.39. The van der Waals surface area contributed by atoms with Gasteiger partial charge in [-0.25, -0.2) is 9.55 Å². The molecule has 0 aliphatic rings. The lowest BCUT2D eigenvalue weighted by atomic mass is 9.93. The van der Waals surface area contributed by atoms with E-state index in [-0.39, 0.29) is 16.2 Å². The van der Waals surface area contributed by atoms with Crippen LogP contribution in [0.2, 0.25) is 0 Å². The van der Waals surface area contributed by atoms with Crippen molar-refractivity contribution < 1.29 is 4.92 Å². The first kappa shape index (κ1) is 17.6. The summed E-state index contributed by atoms with van der Waals surface area (Å²) in [6.45, 7) is 12.0. The molecule has 0 unspecified atom stereocenters. The van der Waals surface area contributed by atoms with E-state index >= 15 is 0 Å². The maximum absolute atomic E-state index is 11.0. The Labute approximate surface area is 126 Å². The molecule has 0 aliphatic carbocycles. The highest BCUT2D eigenvalue weighted by Crippen LogP contribution is 2.17. The molecule has 1 heterocycles. The molecule has 7 nitrogen and oxygen atoms in total. The van der Waals surface area contributed by atoms with E-state index in [0.717, 1.165) is 26.1 Å². The summed E-state index contributed by atoms with van der Waals surface area (Å²) in [7, 11) is 0. The number of aromatic nitrogens is 2. The third-order valence-corrected chi connectivity index (χ3v) is 3.60. The molecule has 0 spiro atoms. The molecule has 0 bridgehead atoms. The lowest BCUT2D eigenvalue weighted by Gasteiger charge is -2.31. The molecule has 7 heteroatoms. The van der Waals surface area contributed by atoms with Gasteiger partial charge in [-0.3, -0.25) is 4.90 Å². The molecular weight excluding hydrogens is 270 g/mol. The Kier molecular flexibility index (Phi) is 6.29. The van der Waals surface area contributed by atoms with Gasteiger partial charge in [-0.15, -0.1) is 0 Å². The molecular formula is C14H27N5O2. The lowest BCUT2D eigenvalue weighted by Crippen LogP contribution is -2.40. The highest BCUT2D eigenvalue weighted by Gasteiger charge is 2.22. The Bertz CT molecular complexity index is 470. The van der Waals surface area contributed by atoms with Gasteiger partial charge in [0.05, 0.1) is 0 Å². The van der Waals surface area contributed by atoms with Crippen molar-refractivity contribution in [1.82, 2.24) is 14.5 Å². The molecule has 0 atom stereocenters. The van der Waals surface area contributed by atoms with Gasteiger partial charge in [-0.2, -0.15) is 0 Å². The molecule has 0 amide bonds. The van der Waals surface area contributed by atoms with Gasteiger partial charge in [0.1, 0.15) is 12.7 Å². The van der Waals surface area contributed by atoms with E-state index in [1.807, 2.05) is 0 Å². The van der Waals surface area contributed by atoms with E-state index in [4.69, 9.17) is 5.73 Å². The number of nitrogens with zero attached hydrogens (tertiary/aromatic N) is 4. The Balaban J connectivity index is 2.73. The lowest BCUT2D eigenvalue weighted by molar-refractivity contribution is -0.392. The normalized spacial score (nSPS) is 12.1. The van der Waals surface area contributed by atoms with Crippen LogP contribution in [0, 0.1) is 22.5 Å². The van der Waals surface area contributed by atoms with Crippen molar-refractivity contribution >= 4 is 5.82 Å². The van der Waals surface area contributed by atoms with Crippen molar-refractivity contribution in [2.75, 3.05) is 26.2 Å². The summed E-state index contributed by atoms with van der Waals surface area (Å²) in [6, 6.07) is 0. The highest BCUT2D eigenvalue weighted by molar-refractivity contribution is 5.18.